The molecule has 1 N–H and O–H groups in total. The van der Waals surface area contributed by atoms with Gasteiger partial charge in [0, 0.05) is 11.6 Å². The van der Waals surface area contributed by atoms with E-state index < -0.39 is 22.5 Å². The molecule has 192 valence electrons. The molecule has 0 saturated heterocycles. The summed E-state index contributed by atoms with van der Waals surface area (Å²) >= 11 is 1.16. The van der Waals surface area contributed by atoms with E-state index in [-0.39, 0.29) is 21.5 Å². The van der Waals surface area contributed by atoms with Crippen molar-refractivity contribution in [1.29, 1.82) is 0 Å². The van der Waals surface area contributed by atoms with Gasteiger partial charge in [-0.05, 0) is 48.5 Å². The molecule has 4 rings (SSSR count). The van der Waals surface area contributed by atoms with Crippen LogP contribution in [0.5, 0.6) is 17.2 Å². The minimum atomic E-state index is -4.15. The van der Waals surface area contributed by atoms with Crippen molar-refractivity contribution in [3.05, 3.63) is 72.8 Å². The zero-order valence-electron chi connectivity index (χ0n) is 20.2. The van der Waals surface area contributed by atoms with Gasteiger partial charge in [0.25, 0.3) is 10.0 Å². The summed E-state index contributed by atoms with van der Waals surface area (Å²) in [5.41, 5.74) is 0.949. The number of aromatic nitrogens is 2. The van der Waals surface area contributed by atoms with E-state index in [4.69, 9.17) is 14.2 Å². The molecule has 0 aliphatic heterocycles. The number of anilines is 2. The number of nitrogens with zero attached hydrogens (tertiary/aromatic N) is 3. The van der Waals surface area contributed by atoms with E-state index in [1.807, 2.05) is 12.1 Å². The molecule has 0 aliphatic rings. The number of benzene rings is 3. The predicted molar refractivity (Wildman–Crippen MR) is 141 cm³/mol. The lowest BCUT2D eigenvalue weighted by Crippen LogP contribution is -2.38. The Morgan fingerprint density at radius 1 is 0.892 bits per heavy atom. The quantitative estimate of drug-likeness (QED) is 0.320. The Morgan fingerprint density at radius 2 is 1.57 bits per heavy atom. The van der Waals surface area contributed by atoms with E-state index in [0.717, 1.165) is 21.2 Å². The second-order valence-electron chi connectivity index (χ2n) is 7.55. The number of amides is 1. The van der Waals surface area contributed by atoms with E-state index >= 15 is 0 Å². The van der Waals surface area contributed by atoms with Crippen LogP contribution in [0.25, 0.3) is 10.6 Å². The molecule has 10 nitrogen and oxygen atoms in total. The van der Waals surface area contributed by atoms with Gasteiger partial charge in [-0.25, -0.2) is 8.42 Å². The van der Waals surface area contributed by atoms with Gasteiger partial charge in [0.2, 0.25) is 11.0 Å². The molecule has 4 aromatic rings. The highest BCUT2D eigenvalue weighted by molar-refractivity contribution is 7.92. The lowest BCUT2D eigenvalue weighted by atomic mass is 10.2. The van der Waals surface area contributed by atoms with Gasteiger partial charge < -0.3 is 14.2 Å². The van der Waals surface area contributed by atoms with Gasteiger partial charge in [-0.1, -0.05) is 29.5 Å². The van der Waals surface area contributed by atoms with E-state index in [0.29, 0.717) is 16.5 Å². The van der Waals surface area contributed by atoms with Crippen LogP contribution in [-0.4, -0.2) is 52.4 Å². The molecular formula is C25H24N4O6S2. The summed E-state index contributed by atoms with van der Waals surface area (Å²) in [7, 11) is 0.308. The van der Waals surface area contributed by atoms with E-state index in [9.17, 15) is 13.2 Å². The standard InChI is InChI=1S/C25H24N4O6S2/c1-33-18-11-9-17(10-12-18)24-27-28-25(36-24)26-23(30)16-29(37(31,32)20-7-5-4-6-8-20)21-15-19(34-2)13-14-22(21)35-3/h4-15H,16H2,1-3H3,(H,26,28,30). The molecule has 0 radical (unpaired) electrons. The molecule has 0 aliphatic carbocycles. The van der Waals surface area contributed by atoms with Crippen LogP contribution in [0.3, 0.4) is 0 Å². The van der Waals surface area contributed by atoms with Crippen LogP contribution in [0.1, 0.15) is 0 Å². The molecule has 0 spiro atoms. The van der Waals surface area contributed by atoms with Gasteiger partial charge >= 0.3 is 0 Å². The highest BCUT2D eigenvalue weighted by Gasteiger charge is 2.30. The lowest BCUT2D eigenvalue weighted by molar-refractivity contribution is -0.114. The first-order valence-corrected chi connectivity index (χ1v) is 13.2. The fourth-order valence-corrected chi connectivity index (χ4v) is 5.63. The Kier molecular flexibility index (Phi) is 7.89. The molecule has 1 heterocycles. The van der Waals surface area contributed by atoms with Gasteiger partial charge in [-0.15, -0.1) is 10.2 Å². The fourth-order valence-electron chi connectivity index (χ4n) is 3.42. The maximum atomic E-state index is 13.6. The topological polar surface area (TPSA) is 120 Å². The third-order valence-corrected chi connectivity index (χ3v) is 7.94. The second-order valence-corrected chi connectivity index (χ2v) is 10.4. The highest BCUT2D eigenvalue weighted by atomic mass is 32.2. The number of carbonyl (C=O) groups excluding carboxylic acids is 1. The van der Waals surface area contributed by atoms with Gasteiger partial charge in [0.05, 0.1) is 31.9 Å². The van der Waals surface area contributed by atoms with Crippen molar-refractivity contribution < 1.29 is 27.4 Å². The highest BCUT2D eigenvalue weighted by Crippen LogP contribution is 2.36. The van der Waals surface area contributed by atoms with Crippen molar-refractivity contribution in [3.63, 3.8) is 0 Å². The third-order valence-electron chi connectivity index (χ3n) is 5.28. The van der Waals surface area contributed by atoms with Crippen molar-refractivity contribution in [3.8, 4) is 27.8 Å². The number of hydrogen-bond donors (Lipinski definition) is 1. The molecule has 0 saturated carbocycles. The fraction of sp³-hybridized carbons (Fsp3) is 0.160. The predicted octanol–water partition coefficient (Wildman–Crippen LogP) is 4.06. The summed E-state index contributed by atoms with van der Waals surface area (Å²) in [6, 6.07) is 19.8. The Balaban J connectivity index is 1.63. The van der Waals surface area contributed by atoms with Gasteiger partial charge in [0.1, 0.15) is 28.8 Å². The van der Waals surface area contributed by atoms with Crippen LogP contribution in [0.2, 0.25) is 0 Å². The molecule has 12 heteroatoms. The number of rotatable bonds is 10. The molecule has 3 aromatic carbocycles. The summed E-state index contributed by atoms with van der Waals surface area (Å²) in [6.07, 6.45) is 0. The van der Waals surface area contributed by atoms with Crippen LogP contribution in [0, 0.1) is 0 Å². The molecule has 1 aromatic heterocycles. The van der Waals surface area contributed by atoms with E-state index in [2.05, 4.69) is 15.5 Å². The number of sulfonamides is 1. The summed E-state index contributed by atoms with van der Waals surface area (Å²) in [5.74, 6) is 0.750. The first-order valence-electron chi connectivity index (χ1n) is 10.9. The second kappa shape index (κ2) is 11.3. The Hall–Kier alpha value is -4.16. The lowest BCUT2D eigenvalue weighted by Gasteiger charge is -2.25. The minimum absolute atomic E-state index is 0.0189. The Morgan fingerprint density at radius 3 is 2.22 bits per heavy atom. The molecular weight excluding hydrogens is 516 g/mol. The van der Waals surface area contributed by atoms with Crippen LogP contribution < -0.4 is 23.8 Å². The first kappa shape index (κ1) is 25.9. The maximum absolute atomic E-state index is 13.6. The molecule has 0 atom stereocenters. The number of ether oxygens (including phenoxy) is 3. The van der Waals surface area contributed by atoms with E-state index in [1.165, 1.54) is 32.4 Å². The number of carbonyl (C=O) groups is 1. The summed E-state index contributed by atoms with van der Waals surface area (Å²) < 4.78 is 44.1. The number of nitrogens with one attached hydrogen (secondary N) is 1. The molecule has 37 heavy (non-hydrogen) atoms. The SMILES string of the molecule is COc1ccc(-c2nnc(NC(=O)CN(c3cc(OC)ccc3OC)S(=O)(=O)c3ccccc3)s2)cc1. The van der Waals surface area contributed by atoms with Crippen molar-refractivity contribution in [1.82, 2.24) is 10.2 Å². The van der Waals surface area contributed by atoms with Crippen LogP contribution in [-0.2, 0) is 14.8 Å². The van der Waals surface area contributed by atoms with Crippen molar-refractivity contribution in [2.24, 2.45) is 0 Å². The average Bonchev–Trinajstić information content (AvgIpc) is 3.40. The summed E-state index contributed by atoms with van der Waals surface area (Å²) in [5, 5.41) is 11.6. The first-order chi connectivity index (χ1) is 17.8. The largest absolute Gasteiger partial charge is 0.497 e. The van der Waals surface area contributed by atoms with Gasteiger partial charge in [0.15, 0.2) is 0 Å². The normalized spacial score (nSPS) is 11.0. The third kappa shape index (κ3) is 5.81. The average molecular weight is 541 g/mol. The van der Waals surface area contributed by atoms with Crippen LogP contribution in [0.4, 0.5) is 10.8 Å². The van der Waals surface area contributed by atoms with Crippen molar-refractivity contribution >= 4 is 38.1 Å². The van der Waals surface area contributed by atoms with Gasteiger partial charge in [-0.2, -0.15) is 0 Å². The monoisotopic (exact) mass is 540 g/mol. The molecule has 0 unspecified atom stereocenters. The molecule has 0 fully saturated rings. The zero-order valence-corrected chi connectivity index (χ0v) is 21.9. The smallest absolute Gasteiger partial charge is 0.264 e. The number of methoxy groups -OCH3 is 3. The molecule has 0 bridgehead atoms. The number of hydrogen-bond acceptors (Lipinski definition) is 9. The minimum Gasteiger partial charge on any atom is -0.497 e. The van der Waals surface area contributed by atoms with Crippen molar-refractivity contribution in [2.75, 3.05) is 37.5 Å². The van der Waals surface area contributed by atoms with Crippen LogP contribution in [0.15, 0.2) is 77.7 Å². The van der Waals surface area contributed by atoms with Gasteiger partial charge in [-0.3, -0.25) is 14.4 Å². The van der Waals surface area contributed by atoms with E-state index in [1.54, 1.807) is 49.6 Å². The summed E-state index contributed by atoms with van der Waals surface area (Å²) in [6.45, 7) is -0.543. The zero-order chi connectivity index (χ0) is 26.4. The Labute approximate surface area is 218 Å². The Bertz CT molecular complexity index is 1470. The maximum Gasteiger partial charge on any atom is 0.264 e. The molecule has 1 amide bonds. The van der Waals surface area contributed by atoms with Crippen LogP contribution >= 0.6 is 11.3 Å². The summed E-state index contributed by atoms with van der Waals surface area (Å²) in [4.78, 5) is 13.1. The van der Waals surface area contributed by atoms with Crippen molar-refractivity contribution in [2.45, 2.75) is 4.90 Å².